The van der Waals surface area contributed by atoms with Crippen LogP contribution in [0, 0.1) is 5.92 Å². The fraction of sp³-hybridized carbons (Fsp3) is 0.438. The number of fused-ring (bicyclic) bond motifs is 1. The molecule has 0 amide bonds. The van der Waals surface area contributed by atoms with E-state index < -0.39 is 0 Å². The van der Waals surface area contributed by atoms with Gasteiger partial charge in [0.15, 0.2) is 0 Å². The molecule has 19 heavy (non-hydrogen) atoms. The van der Waals surface area contributed by atoms with Gasteiger partial charge in [0, 0.05) is 23.7 Å². The monoisotopic (exact) mass is 258 g/mol. The zero-order valence-corrected chi connectivity index (χ0v) is 11.7. The van der Waals surface area contributed by atoms with Crippen LogP contribution in [0.1, 0.15) is 32.3 Å². The Balaban J connectivity index is 2.29. The third kappa shape index (κ3) is 3.04. The van der Waals surface area contributed by atoms with E-state index in [0.717, 1.165) is 28.7 Å². The first-order valence-corrected chi connectivity index (χ1v) is 7.01. The van der Waals surface area contributed by atoms with Crippen molar-refractivity contribution in [3.05, 3.63) is 36.0 Å². The largest absolute Gasteiger partial charge is 0.392 e. The van der Waals surface area contributed by atoms with Crippen LogP contribution in [0.25, 0.3) is 10.8 Å². The van der Waals surface area contributed by atoms with E-state index in [9.17, 15) is 5.11 Å². The van der Waals surface area contributed by atoms with Crippen molar-refractivity contribution in [1.29, 1.82) is 0 Å². The summed E-state index contributed by atoms with van der Waals surface area (Å²) in [7, 11) is 0. The van der Waals surface area contributed by atoms with Crippen molar-refractivity contribution < 1.29 is 5.11 Å². The number of hydrogen-bond donors (Lipinski definition) is 2. The Morgan fingerprint density at radius 3 is 2.47 bits per heavy atom. The highest BCUT2D eigenvalue weighted by atomic mass is 16.3. The van der Waals surface area contributed by atoms with Crippen molar-refractivity contribution in [2.45, 2.75) is 33.3 Å². The Hall–Kier alpha value is -1.61. The van der Waals surface area contributed by atoms with Crippen LogP contribution in [0.15, 0.2) is 30.5 Å². The maximum absolute atomic E-state index is 9.36. The van der Waals surface area contributed by atoms with Gasteiger partial charge in [0.2, 0.25) is 0 Å². The van der Waals surface area contributed by atoms with Gasteiger partial charge in [-0.05, 0) is 11.3 Å². The molecule has 2 rings (SSSR count). The molecule has 0 fully saturated rings. The number of nitrogens with one attached hydrogen (secondary N) is 1. The molecule has 0 aliphatic carbocycles. The van der Waals surface area contributed by atoms with E-state index in [-0.39, 0.29) is 6.61 Å². The molecular formula is C16H22N2O. The fourth-order valence-electron chi connectivity index (χ4n) is 2.34. The predicted octanol–water partition coefficient (Wildman–Crippen LogP) is 3.58. The molecule has 0 radical (unpaired) electrons. The van der Waals surface area contributed by atoms with Crippen LogP contribution in [0.5, 0.6) is 0 Å². The molecule has 0 aliphatic rings. The summed E-state index contributed by atoms with van der Waals surface area (Å²) in [6.45, 7) is 5.41. The Labute approximate surface area is 114 Å². The first-order chi connectivity index (χ1) is 9.30. The smallest absolute Gasteiger partial charge is 0.133 e. The fourth-order valence-corrected chi connectivity index (χ4v) is 2.34. The summed E-state index contributed by atoms with van der Waals surface area (Å²) in [6, 6.07) is 8.08. The van der Waals surface area contributed by atoms with Gasteiger partial charge in [0.05, 0.1) is 6.61 Å². The molecule has 1 aromatic carbocycles. The van der Waals surface area contributed by atoms with Crippen molar-refractivity contribution >= 4 is 16.6 Å². The van der Waals surface area contributed by atoms with Gasteiger partial charge in [-0.1, -0.05) is 51.0 Å². The van der Waals surface area contributed by atoms with Gasteiger partial charge in [-0.25, -0.2) is 4.98 Å². The molecule has 0 saturated heterocycles. The minimum atomic E-state index is 0.0281. The minimum absolute atomic E-state index is 0.0281. The number of aliphatic hydroxyl groups is 1. The SMILES string of the molecule is CCC(CC)CNc1ncc(CO)c2ccccc12. The van der Waals surface area contributed by atoms with Crippen LogP contribution < -0.4 is 5.32 Å². The topological polar surface area (TPSA) is 45.2 Å². The second-order valence-corrected chi connectivity index (χ2v) is 4.90. The zero-order chi connectivity index (χ0) is 13.7. The quantitative estimate of drug-likeness (QED) is 0.832. The number of anilines is 1. The van der Waals surface area contributed by atoms with Crippen molar-refractivity contribution in [1.82, 2.24) is 4.98 Å². The van der Waals surface area contributed by atoms with Crippen LogP contribution in [0.4, 0.5) is 5.82 Å². The van der Waals surface area contributed by atoms with Gasteiger partial charge in [0.25, 0.3) is 0 Å². The highest BCUT2D eigenvalue weighted by molar-refractivity contribution is 5.93. The first-order valence-electron chi connectivity index (χ1n) is 7.01. The molecular weight excluding hydrogens is 236 g/mol. The van der Waals surface area contributed by atoms with Crippen LogP contribution in [0.3, 0.4) is 0 Å². The lowest BCUT2D eigenvalue weighted by Gasteiger charge is -2.15. The predicted molar refractivity (Wildman–Crippen MR) is 80.2 cm³/mol. The number of nitrogens with zero attached hydrogens (tertiary/aromatic N) is 1. The second-order valence-electron chi connectivity index (χ2n) is 4.90. The third-order valence-corrected chi connectivity index (χ3v) is 3.76. The lowest BCUT2D eigenvalue weighted by atomic mass is 10.0. The highest BCUT2D eigenvalue weighted by Crippen LogP contribution is 2.24. The molecule has 0 bridgehead atoms. The first kappa shape index (κ1) is 13.8. The summed E-state index contributed by atoms with van der Waals surface area (Å²) >= 11 is 0. The van der Waals surface area contributed by atoms with Crippen LogP contribution >= 0.6 is 0 Å². The third-order valence-electron chi connectivity index (χ3n) is 3.76. The average molecular weight is 258 g/mol. The van der Waals surface area contributed by atoms with Crippen LogP contribution in [-0.4, -0.2) is 16.6 Å². The lowest BCUT2D eigenvalue weighted by Crippen LogP contribution is -2.14. The Morgan fingerprint density at radius 2 is 1.84 bits per heavy atom. The maximum atomic E-state index is 9.36. The van der Waals surface area contributed by atoms with Gasteiger partial charge in [0.1, 0.15) is 5.82 Å². The van der Waals surface area contributed by atoms with Crippen LogP contribution in [-0.2, 0) is 6.61 Å². The van der Waals surface area contributed by atoms with E-state index in [1.807, 2.05) is 18.2 Å². The van der Waals surface area contributed by atoms with E-state index in [0.29, 0.717) is 5.92 Å². The molecule has 1 heterocycles. The summed E-state index contributed by atoms with van der Waals surface area (Å²) in [4.78, 5) is 4.45. The molecule has 0 saturated carbocycles. The van der Waals surface area contributed by atoms with Gasteiger partial charge in [-0.3, -0.25) is 0 Å². The molecule has 0 spiro atoms. The Bertz CT molecular complexity index is 535. The summed E-state index contributed by atoms with van der Waals surface area (Å²) in [6.07, 6.45) is 4.11. The van der Waals surface area contributed by atoms with E-state index in [1.54, 1.807) is 6.20 Å². The van der Waals surface area contributed by atoms with E-state index in [1.165, 1.54) is 12.8 Å². The van der Waals surface area contributed by atoms with E-state index in [2.05, 4.69) is 30.2 Å². The molecule has 3 heteroatoms. The number of aliphatic hydroxyl groups excluding tert-OH is 1. The molecule has 2 N–H and O–H groups in total. The summed E-state index contributed by atoms with van der Waals surface area (Å²) < 4.78 is 0. The van der Waals surface area contributed by atoms with Gasteiger partial charge in [-0.15, -0.1) is 0 Å². The maximum Gasteiger partial charge on any atom is 0.133 e. The molecule has 0 atom stereocenters. The highest BCUT2D eigenvalue weighted by Gasteiger charge is 2.08. The average Bonchev–Trinajstić information content (AvgIpc) is 2.48. The Kier molecular flexibility index (Phi) is 4.74. The van der Waals surface area contributed by atoms with Crippen molar-refractivity contribution in [2.75, 3.05) is 11.9 Å². The summed E-state index contributed by atoms with van der Waals surface area (Å²) in [5, 5.41) is 15.0. The van der Waals surface area contributed by atoms with Crippen molar-refractivity contribution in [3.8, 4) is 0 Å². The number of pyridine rings is 1. The number of benzene rings is 1. The Morgan fingerprint density at radius 1 is 1.16 bits per heavy atom. The number of aromatic nitrogens is 1. The molecule has 1 aromatic heterocycles. The standard InChI is InChI=1S/C16H22N2O/c1-3-12(4-2)9-17-16-15-8-6-5-7-14(15)13(11-19)10-18-16/h5-8,10,12,19H,3-4,9,11H2,1-2H3,(H,17,18). The lowest BCUT2D eigenvalue weighted by molar-refractivity contribution is 0.283. The van der Waals surface area contributed by atoms with E-state index in [4.69, 9.17) is 0 Å². The van der Waals surface area contributed by atoms with Crippen molar-refractivity contribution in [3.63, 3.8) is 0 Å². The van der Waals surface area contributed by atoms with E-state index >= 15 is 0 Å². The number of rotatable bonds is 6. The van der Waals surface area contributed by atoms with Crippen molar-refractivity contribution in [2.24, 2.45) is 5.92 Å². The van der Waals surface area contributed by atoms with Crippen LogP contribution in [0.2, 0.25) is 0 Å². The molecule has 2 aromatic rings. The number of hydrogen-bond acceptors (Lipinski definition) is 3. The van der Waals surface area contributed by atoms with Gasteiger partial charge in [-0.2, -0.15) is 0 Å². The molecule has 0 aliphatic heterocycles. The summed E-state index contributed by atoms with van der Waals surface area (Å²) in [5.41, 5.74) is 0.878. The molecule has 0 unspecified atom stereocenters. The minimum Gasteiger partial charge on any atom is -0.392 e. The zero-order valence-electron chi connectivity index (χ0n) is 11.7. The van der Waals surface area contributed by atoms with Gasteiger partial charge < -0.3 is 10.4 Å². The van der Waals surface area contributed by atoms with Gasteiger partial charge >= 0.3 is 0 Å². The normalized spacial score (nSPS) is 11.2. The molecule has 3 nitrogen and oxygen atoms in total. The molecule has 102 valence electrons. The second kappa shape index (κ2) is 6.53. The summed E-state index contributed by atoms with van der Waals surface area (Å²) in [5.74, 6) is 1.60.